The average Bonchev–Trinajstić information content (AvgIpc) is 3.14. The lowest BCUT2D eigenvalue weighted by Crippen LogP contribution is -2.38. The molecule has 0 atom stereocenters. The molecule has 1 saturated carbocycles. The average molecular weight is 270 g/mol. The molecule has 3 rings (SSSR count). The van der Waals surface area contributed by atoms with E-state index in [-0.39, 0.29) is 0 Å². The third-order valence-electron chi connectivity index (χ3n) is 3.22. The Labute approximate surface area is 117 Å². The summed E-state index contributed by atoms with van der Waals surface area (Å²) in [6, 6.07) is 8.82. The van der Waals surface area contributed by atoms with E-state index in [0.29, 0.717) is 6.04 Å². The second-order valence-corrected chi connectivity index (χ2v) is 4.85. The maximum absolute atomic E-state index is 4.21. The third kappa shape index (κ3) is 3.14. The number of hydrogen-bond donors (Lipinski definition) is 2. The molecule has 0 amide bonds. The molecule has 0 spiro atoms. The van der Waals surface area contributed by atoms with Crippen LogP contribution in [0.5, 0.6) is 0 Å². The Morgan fingerprint density at radius 1 is 1.35 bits per heavy atom. The van der Waals surface area contributed by atoms with E-state index < -0.39 is 0 Å². The van der Waals surface area contributed by atoms with Crippen molar-refractivity contribution >= 4 is 5.96 Å². The van der Waals surface area contributed by atoms with Crippen molar-refractivity contribution in [2.45, 2.75) is 25.4 Å². The fraction of sp³-hybridized carbons (Fsp3) is 0.357. The highest BCUT2D eigenvalue weighted by Crippen LogP contribution is 2.18. The lowest BCUT2D eigenvalue weighted by atomic mass is 10.2. The van der Waals surface area contributed by atoms with E-state index in [1.165, 1.54) is 24.7 Å². The van der Waals surface area contributed by atoms with E-state index in [1.807, 2.05) is 12.1 Å². The summed E-state index contributed by atoms with van der Waals surface area (Å²) in [5, 5.41) is 10.8. The van der Waals surface area contributed by atoms with Gasteiger partial charge in [0.25, 0.3) is 0 Å². The number of aromatic nitrogens is 3. The zero-order valence-corrected chi connectivity index (χ0v) is 11.5. The molecule has 6 nitrogen and oxygen atoms in total. The van der Waals surface area contributed by atoms with Gasteiger partial charge >= 0.3 is 0 Å². The van der Waals surface area contributed by atoms with Crippen molar-refractivity contribution in [1.82, 2.24) is 25.4 Å². The lowest BCUT2D eigenvalue weighted by molar-refractivity contribution is 0.804. The summed E-state index contributed by atoms with van der Waals surface area (Å²) in [4.78, 5) is 8.15. The normalized spacial score (nSPS) is 15.2. The maximum Gasteiger partial charge on any atom is 0.191 e. The zero-order chi connectivity index (χ0) is 13.8. The van der Waals surface area contributed by atoms with Gasteiger partial charge in [-0.15, -0.1) is 0 Å². The fourth-order valence-corrected chi connectivity index (χ4v) is 1.91. The molecular weight excluding hydrogens is 252 g/mol. The first-order valence-corrected chi connectivity index (χ1v) is 6.76. The molecule has 2 aromatic rings. The third-order valence-corrected chi connectivity index (χ3v) is 3.22. The van der Waals surface area contributed by atoms with Crippen molar-refractivity contribution in [1.29, 1.82) is 0 Å². The van der Waals surface area contributed by atoms with Crippen LogP contribution in [0.3, 0.4) is 0 Å². The smallest absolute Gasteiger partial charge is 0.191 e. The predicted molar refractivity (Wildman–Crippen MR) is 77.7 cm³/mol. The van der Waals surface area contributed by atoms with Crippen molar-refractivity contribution in [2.24, 2.45) is 4.99 Å². The van der Waals surface area contributed by atoms with Crippen LogP contribution in [0.25, 0.3) is 5.69 Å². The minimum atomic E-state index is 0.607. The fourth-order valence-electron chi connectivity index (χ4n) is 1.91. The number of aliphatic imine (C=N–C) groups is 1. The Bertz CT molecular complexity index is 568. The molecule has 0 bridgehead atoms. The summed E-state index contributed by atoms with van der Waals surface area (Å²) < 4.78 is 1.74. The SMILES string of the molecule is CN=C(NCc1ccc(-n2cncn2)cc1)NC1CC1. The van der Waals surface area contributed by atoms with Crippen molar-refractivity contribution in [3.8, 4) is 5.69 Å². The predicted octanol–water partition coefficient (Wildman–Crippen LogP) is 1.09. The first kappa shape index (κ1) is 12.7. The van der Waals surface area contributed by atoms with Gasteiger partial charge in [0.2, 0.25) is 0 Å². The van der Waals surface area contributed by atoms with Gasteiger partial charge in [0.1, 0.15) is 12.7 Å². The quantitative estimate of drug-likeness (QED) is 0.645. The Balaban J connectivity index is 1.57. The van der Waals surface area contributed by atoms with Crippen LogP contribution < -0.4 is 10.6 Å². The van der Waals surface area contributed by atoms with Gasteiger partial charge < -0.3 is 10.6 Å². The number of guanidine groups is 1. The lowest BCUT2D eigenvalue weighted by Gasteiger charge is -2.11. The summed E-state index contributed by atoms with van der Waals surface area (Å²) in [5.41, 5.74) is 2.21. The van der Waals surface area contributed by atoms with E-state index in [1.54, 1.807) is 18.1 Å². The molecule has 0 aliphatic heterocycles. The first-order chi connectivity index (χ1) is 9.85. The first-order valence-electron chi connectivity index (χ1n) is 6.76. The molecular formula is C14H18N6. The Hall–Kier alpha value is -2.37. The van der Waals surface area contributed by atoms with Crippen LogP contribution in [0.15, 0.2) is 41.9 Å². The van der Waals surface area contributed by atoms with E-state index in [0.717, 1.165) is 18.2 Å². The molecule has 1 fully saturated rings. The van der Waals surface area contributed by atoms with Gasteiger partial charge in [0, 0.05) is 19.6 Å². The summed E-state index contributed by atoms with van der Waals surface area (Å²) in [6.45, 7) is 0.754. The van der Waals surface area contributed by atoms with Crippen LogP contribution in [0.4, 0.5) is 0 Å². The number of hydrogen-bond acceptors (Lipinski definition) is 3. The van der Waals surface area contributed by atoms with Crippen LogP contribution >= 0.6 is 0 Å². The Morgan fingerprint density at radius 3 is 2.75 bits per heavy atom. The molecule has 0 radical (unpaired) electrons. The number of benzene rings is 1. The van der Waals surface area contributed by atoms with Gasteiger partial charge in [-0.2, -0.15) is 5.10 Å². The highest BCUT2D eigenvalue weighted by Gasteiger charge is 2.21. The van der Waals surface area contributed by atoms with E-state index in [4.69, 9.17) is 0 Å². The highest BCUT2D eigenvalue weighted by atomic mass is 15.3. The molecule has 1 aliphatic carbocycles. The minimum absolute atomic E-state index is 0.607. The Kier molecular flexibility index (Phi) is 3.62. The number of nitrogens with zero attached hydrogens (tertiary/aromatic N) is 4. The summed E-state index contributed by atoms with van der Waals surface area (Å²) in [6.07, 6.45) is 5.71. The molecule has 1 aromatic carbocycles. The molecule has 1 aromatic heterocycles. The second kappa shape index (κ2) is 5.73. The van der Waals surface area contributed by atoms with Crippen molar-refractivity contribution in [2.75, 3.05) is 7.05 Å². The van der Waals surface area contributed by atoms with Gasteiger partial charge in [-0.1, -0.05) is 12.1 Å². The van der Waals surface area contributed by atoms with E-state index in [2.05, 4.69) is 37.8 Å². The molecule has 20 heavy (non-hydrogen) atoms. The summed E-state index contributed by atoms with van der Waals surface area (Å²) in [5.74, 6) is 0.868. The standard InChI is InChI=1S/C14H18N6/c1-15-14(19-12-4-5-12)17-8-11-2-6-13(7-3-11)20-10-16-9-18-20/h2-3,6-7,9-10,12H,4-5,8H2,1H3,(H2,15,17,19). The van der Waals surface area contributed by atoms with Gasteiger partial charge in [-0.3, -0.25) is 4.99 Å². The van der Waals surface area contributed by atoms with Crippen LogP contribution in [-0.4, -0.2) is 33.8 Å². The summed E-state index contributed by atoms with van der Waals surface area (Å²) >= 11 is 0. The summed E-state index contributed by atoms with van der Waals surface area (Å²) in [7, 11) is 1.80. The monoisotopic (exact) mass is 270 g/mol. The molecule has 1 aliphatic rings. The number of nitrogens with one attached hydrogen (secondary N) is 2. The minimum Gasteiger partial charge on any atom is -0.354 e. The van der Waals surface area contributed by atoms with Gasteiger partial charge in [-0.25, -0.2) is 9.67 Å². The molecule has 104 valence electrons. The van der Waals surface area contributed by atoms with E-state index >= 15 is 0 Å². The van der Waals surface area contributed by atoms with Crippen LogP contribution in [-0.2, 0) is 6.54 Å². The van der Waals surface area contributed by atoms with Crippen molar-refractivity contribution in [3.63, 3.8) is 0 Å². The van der Waals surface area contributed by atoms with Crippen LogP contribution in [0.2, 0.25) is 0 Å². The Morgan fingerprint density at radius 2 is 2.15 bits per heavy atom. The number of rotatable bonds is 4. The molecule has 6 heteroatoms. The highest BCUT2D eigenvalue weighted by molar-refractivity contribution is 5.80. The van der Waals surface area contributed by atoms with Crippen molar-refractivity contribution < 1.29 is 0 Å². The largest absolute Gasteiger partial charge is 0.354 e. The van der Waals surface area contributed by atoms with Crippen molar-refractivity contribution in [3.05, 3.63) is 42.5 Å². The van der Waals surface area contributed by atoms with Crippen LogP contribution in [0.1, 0.15) is 18.4 Å². The second-order valence-electron chi connectivity index (χ2n) is 4.85. The molecule has 2 N–H and O–H groups in total. The molecule has 0 saturated heterocycles. The molecule has 1 heterocycles. The molecule has 0 unspecified atom stereocenters. The van der Waals surface area contributed by atoms with Gasteiger partial charge in [0.05, 0.1) is 5.69 Å². The topological polar surface area (TPSA) is 67.1 Å². The van der Waals surface area contributed by atoms with Gasteiger partial charge in [0.15, 0.2) is 5.96 Å². The van der Waals surface area contributed by atoms with E-state index in [9.17, 15) is 0 Å². The maximum atomic E-state index is 4.21. The van der Waals surface area contributed by atoms with Crippen LogP contribution in [0, 0.1) is 0 Å². The zero-order valence-electron chi connectivity index (χ0n) is 11.5. The van der Waals surface area contributed by atoms with Gasteiger partial charge in [-0.05, 0) is 30.5 Å².